The van der Waals surface area contributed by atoms with Crippen LogP contribution in [-0.2, 0) is 34.0 Å². The number of hydrogen-bond acceptors (Lipinski definition) is 8. The third-order valence-electron chi connectivity index (χ3n) is 10.1. The van der Waals surface area contributed by atoms with Crippen molar-refractivity contribution in [2.45, 2.75) is 19.3 Å². The van der Waals surface area contributed by atoms with E-state index in [1.165, 1.54) is 22.3 Å². The Morgan fingerprint density at radius 3 is 1.25 bits per heavy atom. The van der Waals surface area contributed by atoms with Crippen LogP contribution in [-0.4, -0.2) is 64.8 Å². The van der Waals surface area contributed by atoms with Gasteiger partial charge in [-0.25, -0.2) is 9.59 Å². The molecule has 7 rings (SSSR count). The van der Waals surface area contributed by atoms with Crippen molar-refractivity contribution < 1.29 is 38.0 Å². The van der Waals surface area contributed by atoms with Gasteiger partial charge in [-0.15, -0.1) is 0 Å². The molecule has 0 atom stereocenters. The topological polar surface area (TPSA) is 89.5 Å². The van der Waals surface area contributed by atoms with E-state index >= 15 is 0 Å². The molecule has 1 aliphatic rings. The lowest BCUT2D eigenvalue weighted by molar-refractivity contribution is -0.141. The van der Waals surface area contributed by atoms with Crippen LogP contribution in [0.4, 0.5) is 0 Å². The van der Waals surface area contributed by atoms with E-state index in [0.717, 1.165) is 44.2 Å². The first-order valence-electron chi connectivity index (χ1n) is 19.1. The number of ether oxygens (including phenoxy) is 6. The standard InChI is InChI=1S/C49H46O8/c1-33(2)47(50)56-31-27-52-25-29-54-45-23-11-15-37-39(45)17-9-21-43(37)49(41-19-7-5-13-35(41)36-14-6-8-20-42(36)49)44-22-10-18-40-38(44)16-12-24-46(40)55-30-26-53-28-32-57-48(51)34(3)4/h5-24H,1,3,25-32H2,2,4H3. The number of hydrogen-bond donors (Lipinski definition) is 0. The number of rotatable bonds is 18. The molecular formula is C49H46O8. The zero-order valence-electron chi connectivity index (χ0n) is 32.4. The summed E-state index contributed by atoms with van der Waals surface area (Å²) in [5, 5.41) is 4.13. The molecule has 0 spiro atoms. The van der Waals surface area contributed by atoms with Crippen LogP contribution in [0, 0.1) is 0 Å². The van der Waals surface area contributed by atoms with Gasteiger partial charge in [-0.1, -0.05) is 122 Å². The van der Waals surface area contributed by atoms with Gasteiger partial charge in [0.15, 0.2) is 0 Å². The van der Waals surface area contributed by atoms with Gasteiger partial charge >= 0.3 is 11.9 Å². The van der Waals surface area contributed by atoms with E-state index in [-0.39, 0.29) is 26.4 Å². The summed E-state index contributed by atoms with van der Waals surface area (Å²) in [5.41, 5.74) is 7.08. The van der Waals surface area contributed by atoms with Crippen molar-refractivity contribution in [2.24, 2.45) is 0 Å². The van der Waals surface area contributed by atoms with E-state index in [1.54, 1.807) is 13.8 Å². The van der Waals surface area contributed by atoms with E-state index in [2.05, 4.69) is 110 Å². The Labute approximate surface area is 333 Å². The summed E-state index contributed by atoms with van der Waals surface area (Å²) in [6.07, 6.45) is 0. The van der Waals surface area contributed by atoms with Crippen molar-refractivity contribution in [3.63, 3.8) is 0 Å². The fourth-order valence-corrected chi connectivity index (χ4v) is 7.69. The van der Waals surface area contributed by atoms with E-state index in [1.807, 2.05) is 24.3 Å². The molecule has 0 saturated carbocycles. The summed E-state index contributed by atoms with van der Waals surface area (Å²) < 4.78 is 34.4. The van der Waals surface area contributed by atoms with Gasteiger partial charge in [0.1, 0.15) is 37.9 Å². The molecule has 0 aromatic heterocycles. The summed E-state index contributed by atoms with van der Waals surface area (Å²) in [6.45, 7) is 12.6. The predicted molar refractivity (Wildman–Crippen MR) is 223 cm³/mol. The molecule has 1 aliphatic carbocycles. The van der Waals surface area contributed by atoms with Crippen LogP contribution in [0.1, 0.15) is 36.1 Å². The fraction of sp³-hybridized carbons (Fsp3) is 0.224. The van der Waals surface area contributed by atoms with E-state index in [0.29, 0.717) is 37.6 Å². The molecule has 8 nitrogen and oxygen atoms in total. The molecule has 0 amide bonds. The average Bonchev–Trinajstić information content (AvgIpc) is 3.53. The Morgan fingerprint density at radius 1 is 0.439 bits per heavy atom. The fourth-order valence-electron chi connectivity index (χ4n) is 7.69. The largest absolute Gasteiger partial charge is 0.491 e. The molecule has 290 valence electrons. The third kappa shape index (κ3) is 7.92. The zero-order chi connectivity index (χ0) is 39.8. The highest BCUT2D eigenvalue weighted by Gasteiger charge is 2.47. The average molecular weight is 763 g/mol. The van der Waals surface area contributed by atoms with Gasteiger partial charge in [0, 0.05) is 21.9 Å². The van der Waals surface area contributed by atoms with Crippen LogP contribution < -0.4 is 9.47 Å². The van der Waals surface area contributed by atoms with Gasteiger partial charge < -0.3 is 28.4 Å². The van der Waals surface area contributed by atoms with Crippen molar-refractivity contribution in [3.8, 4) is 22.6 Å². The van der Waals surface area contributed by atoms with Gasteiger partial charge in [0.05, 0.1) is 31.8 Å². The van der Waals surface area contributed by atoms with Crippen LogP contribution in [0.2, 0.25) is 0 Å². The minimum absolute atomic E-state index is 0.154. The van der Waals surface area contributed by atoms with E-state index < -0.39 is 17.4 Å². The van der Waals surface area contributed by atoms with Crippen molar-refractivity contribution in [3.05, 3.63) is 168 Å². The van der Waals surface area contributed by atoms with E-state index in [9.17, 15) is 9.59 Å². The molecule has 0 fully saturated rings. The highest BCUT2D eigenvalue weighted by Crippen LogP contribution is 2.58. The highest BCUT2D eigenvalue weighted by molar-refractivity contribution is 6.01. The van der Waals surface area contributed by atoms with Crippen LogP contribution >= 0.6 is 0 Å². The minimum Gasteiger partial charge on any atom is -0.491 e. The monoisotopic (exact) mass is 762 g/mol. The molecule has 0 unspecified atom stereocenters. The highest BCUT2D eigenvalue weighted by atomic mass is 16.6. The number of esters is 2. The molecular weight excluding hydrogens is 717 g/mol. The molecule has 0 radical (unpaired) electrons. The molecule has 0 saturated heterocycles. The van der Waals surface area contributed by atoms with Gasteiger partial charge in [-0.3, -0.25) is 0 Å². The second-order valence-corrected chi connectivity index (χ2v) is 13.9. The lowest BCUT2D eigenvalue weighted by Gasteiger charge is -2.36. The maximum Gasteiger partial charge on any atom is 0.333 e. The second kappa shape index (κ2) is 17.7. The molecule has 0 heterocycles. The first kappa shape index (κ1) is 39.0. The third-order valence-corrected chi connectivity index (χ3v) is 10.1. The maximum atomic E-state index is 11.7. The number of fused-ring (bicyclic) bond motifs is 5. The van der Waals surface area contributed by atoms with Crippen molar-refractivity contribution in [1.82, 2.24) is 0 Å². The summed E-state index contributed by atoms with van der Waals surface area (Å²) in [7, 11) is 0. The molecule has 8 heteroatoms. The first-order valence-corrected chi connectivity index (χ1v) is 19.1. The number of carbonyl (C=O) groups is 2. The van der Waals surface area contributed by atoms with Crippen LogP contribution in [0.5, 0.6) is 11.5 Å². The molecule has 6 aromatic rings. The van der Waals surface area contributed by atoms with Gasteiger partial charge in [-0.2, -0.15) is 0 Å². The maximum absolute atomic E-state index is 11.7. The number of carbonyl (C=O) groups excluding carboxylic acids is 2. The normalized spacial score (nSPS) is 12.5. The molecule has 0 bridgehead atoms. The van der Waals surface area contributed by atoms with Crippen LogP contribution in [0.15, 0.2) is 146 Å². The van der Waals surface area contributed by atoms with E-state index in [4.69, 9.17) is 28.4 Å². The Kier molecular flexibility index (Phi) is 12.1. The Hall–Kier alpha value is -6.22. The van der Waals surface area contributed by atoms with Crippen LogP contribution in [0.3, 0.4) is 0 Å². The van der Waals surface area contributed by atoms with Crippen molar-refractivity contribution >= 4 is 33.5 Å². The lowest BCUT2D eigenvalue weighted by Crippen LogP contribution is -2.29. The Balaban J connectivity index is 1.23. The molecule has 57 heavy (non-hydrogen) atoms. The predicted octanol–water partition coefficient (Wildman–Crippen LogP) is 9.39. The summed E-state index contributed by atoms with van der Waals surface area (Å²) in [6, 6.07) is 42.7. The molecule has 0 aliphatic heterocycles. The lowest BCUT2D eigenvalue weighted by atomic mass is 9.65. The zero-order valence-corrected chi connectivity index (χ0v) is 32.4. The summed E-state index contributed by atoms with van der Waals surface area (Å²) in [4.78, 5) is 23.3. The second-order valence-electron chi connectivity index (χ2n) is 13.9. The van der Waals surface area contributed by atoms with Gasteiger partial charge in [0.2, 0.25) is 0 Å². The Bertz CT molecular complexity index is 2280. The molecule has 6 aromatic carbocycles. The summed E-state index contributed by atoms with van der Waals surface area (Å²) >= 11 is 0. The van der Waals surface area contributed by atoms with Crippen molar-refractivity contribution in [1.29, 1.82) is 0 Å². The Morgan fingerprint density at radius 2 is 0.807 bits per heavy atom. The number of benzene rings is 6. The SMILES string of the molecule is C=C(C)C(=O)OCCOCCOc1cccc2c(C3(c4cccc5c(OCCOCCOC(=O)C(=C)C)cccc45)c4ccccc4-c4ccccc43)cccc12. The van der Waals surface area contributed by atoms with Crippen LogP contribution in [0.25, 0.3) is 32.7 Å². The van der Waals surface area contributed by atoms with Gasteiger partial charge in [0.25, 0.3) is 0 Å². The minimum atomic E-state index is -0.696. The molecule has 0 N–H and O–H groups in total. The smallest absolute Gasteiger partial charge is 0.333 e. The summed E-state index contributed by atoms with van der Waals surface area (Å²) in [5.74, 6) is 0.656. The quantitative estimate of drug-likeness (QED) is 0.0486. The van der Waals surface area contributed by atoms with Crippen molar-refractivity contribution in [2.75, 3.05) is 52.9 Å². The first-order chi connectivity index (χ1) is 27.8. The van der Waals surface area contributed by atoms with Gasteiger partial charge in [-0.05, 0) is 70.1 Å².